The molecule has 0 spiro atoms. The molecule has 2 aromatic heterocycles. The van der Waals surface area contributed by atoms with E-state index >= 15 is 0 Å². The fraction of sp³-hybridized carbons (Fsp3) is 0.0952. The van der Waals surface area contributed by atoms with Gasteiger partial charge >= 0.3 is 0 Å². The first kappa shape index (κ1) is 21.0. The van der Waals surface area contributed by atoms with Crippen LogP contribution in [0.5, 0.6) is 0 Å². The van der Waals surface area contributed by atoms with Gasteiger partial charge in [-0.1, -0.05) is 30.3 Å². The summed E-state index contributed by atoms with van der Waals surface area (Å²) in [6.07, 6.45) is 3.12. The Balaban J connectivity index is 1.76. The summed E-state index contributed by atoms with van der Waals surface area (Å²) in [6, 6.07) is 17.8. The third kappa shape index (κ3) is 4.05. The molecule has 3 N–H and O–H groups in total. The molecule has 0 atom stereocenters. The smallest absolute Gasteiger partial charge is 0.268 e. The molecule has 0 saturated carbocycles. The van der Waals surface area contributed by atoms with Crippen molar-refractivity contribution >= 4 is 36.6 Å². The van der Waals surface area contributed by atoms with Gasteiger partial charge in [0, 0.05) is 42.1 Å². The lowest BCUT2D eigenvalue weighted by molar-refractivity contribution is 0.582. The van der Waals surface area contributed by atoms with Gasteiger partial charge in [-0.15, -0.1) is 0 Å². The minimum absolute atomic E-state index is 0.0429. The van der Waals surface area contributed by atoms with Crippen molar-refractivity contribution in [1.82, 2.24) is 13.7 Å². The molecule has 0 fully saturated rings. The van der Waals surface area contributed by atoms with Crippen molar-refractivity contribution in [3.8, 4) is 0 Å². The van der Waals surface area contributed by atoms with Crippen LogP contribution in [0.3, 0.4) is 0 Å². The molecule has 31 heavy (non-hydrogen) atoms. The Hall–Kier alpha value is -3.21. The van der Waals surface area contributed by atoms with Gasteiger partial charge in [0.1, 0.15) is 4.90 Å². The van der Waals surface area contributed by atoms with Crippen molar-refractivity contribution in [2.75, 3.05) is 12.3 Å². The van der Waals surface area contributed by atoms with Crippen LogP contribution in [0.1, 0.15) is 5.69 Å². The first-order valence-electron chi connectivity index (χ1n) is 9.40. The number of nitrogen functional groups attached to an aromatic ring is 1. The summed E-state index contributed by atoms with van der Waals surface area (Å²) >= 11 is 0. The van der Waals surface area contributed by atoms with Gasteiger partial charge in [0.05, 0.1) is 10.4 Å². The highest BCUT2D eigenvalue weighted by Crippen LogP contribution is 2.32. The van der Waals surface area contributed by atoms with Crippen LogP contribution >= 0.6 is 0 Å². The van der Waals surface area contributed by atoms with Crippen molar-refractivity contribution in [2.45, 2.75) is 16.2 Å². The molecular formula is C21H20N4O4S2. The van der Waals surface area contributed by atoms with Crippen LogP contribution in [0.15, 0.2) is 88.9 Å². The van der Waals surface area contributed by atoms with Gasteiger partial charge in [0.15, 0.2) is 0 Å². The predicted octanol–water partition coefficient (Wildman–Crippen LogP) is 2.38. The van der Waals surface area contributed by atoms with Crippen LogP contribution in [0, 0.1) is 0 Å². The van der Waals surface area contributed by atoms with E-state index in [0.29, 0.717) is 6.42 Å². The molecule has 8 nitrogen and oxygen atoms in total. The average molecular weight is 457 g/mol. The molecule has 4 aromatic rings. The Morgan fingerprint density at radius 3 is 2.35 bits per heavy atom. The molecule has 0 aliphatic carbocycles. The van der Waals surface area contributed by atoms with E-state index in [1.807, 2.05) is 6.07 Å². The molecule has 0 amide bonds. The second-order valence-electron chi connectivity index (χ2n) is 6.82. The largest absolute Gasteiger partial charge is 0.398 e. The van der Waals surface area contributed by atoms with E-state index in [2.05, 4.69) is 9.71 Å². The number of pyridine rings is 1. The zero-order chi connectivity index (χ0) is 22.1. The summed E-state index contributed by atoms with van der Waals surface area (Å²) in [5.74, 6) is 0. The topological polar surface area (TPSA) is 124 Å². The third-order valence-electron chi connectivity index (χ3n) is 4.78. The highest BCUT2D eigenvalue weighted by Gasteiger charge is 2.27. The van der Waals surface area contributed by atoms with Crippen molar-refractivity contribution in [2.24, 2.45) is 0 Å². The fourth-order valence-electron chi connectivity index (χ4n) is 3.30. The number of fused-ring (bicyclic) bond motifs is 1. The molecule has 160 valence electrons. The fourth-order valence-corrected chi connectivity index (χ4v) is 6.01. The van der Waals surface area contributed by atoms with Crippen LogP contribution in [0.2, 0.25) is 0 Å². The summed E-state index contributed by atoms with van der Waals surface area (Å²) in [6.45, 7) is 0.101. The molecule has 0 radical (unpaired) electrons. The van der Waals surface area contributed by atoms with Gasteiger partial charge in [-0.2, -0.15) is 0 Å². The molecule has 2 aromatic carbocycles. The molecule has 0 bridgehead atoms. The number of nitrogens with two attached hydrogens (primary N) is 1. The lowest BCUT2D eigenvalue weighted by Crippen LogP contribution is -2.26. The zero-order valence-corrected chi connectivity index (χ0v) is 18.0. The van der Waals surface area contributed by atoms with E-state index in [0.717, 1.165) is 15.9 Å². The van der Waals surface area contributed by atoms with Crippen molar-refractivity contribution in [1.29, 1.82) is 0 Å². The third-order valence-corrected chi connectivity index (χ3v) is 7.94. The highest BCUT2D eigenvalue weighted by molar-refractivity contribution is 7.91. The van der Waals surface area contributed by atoms with Crippen LogP contribution in [-0.2, 0) is 26.5 Å². The average Bonchev–Trinajstić information content (AvgIpc) is 3.18. The number of sulfonamides is 1. The Morgan fingerprint density at radius 2 is 1.65 bits per heavy atom. The van der Waals surface area contributed by atoms with E-state index in [1.165, 1.54) is 24.3 Å². The summed E-state index contributed by atoms with van der Waals surface area (Å²) in [5, 5.41) is 0.160. The number of nitrogens with one attached hydrogen (secondary N) is 1. The second kappa shape index (κ2) is 8.14. The van der Waals surface area contributed by atoms with Gasteiger partial charge in [0.2, 0.25) is 10.0 Å². The number of benzene rings is 2. The van der Waals surface area contributed by atoms with Gasteiger partial charge in [-0.3, -0.25) is 4.98 Å². The van der Waals surface area contributed by atoms with E-state index < -0.39 is 20.0 Å². The van der Waals surface area contributed by atoms with Crippen LogP contribution in [-0.4, -0.2) is 32.3 Å². The molecular weight excluding hydrogens is 436 g/mol. The lowest BCUT2D eigenvalue weighted by Gasteiger charge is -2.07. The maximum atomic E-state index is 13.2. The summed E-state index contributed by atoms with van der Waals surface area (Å²) in [5.41, 5.74) is 7.15. The highest BCUT2D eigenvalue weighted by atomic mass is 32.2. The predicted molar refractivity (Wildman–Crippen MR) is 119 cm³/mol. The molecule has 2 heterocycles. The summed E-state index contributed by atoms with van der Waals surface area (Å²) in [7, 11) is -8.07. The summed E-state index contributed by atoms with van der Waals surface area (Å²) in [4.78, 5) is 4.02. The van der Waals surface area contributed by atoms with Crippen LogP contribution in [0.25, 0.3) is 10.9 Å². The maximum absolute atomic E-state index is 13.2. The molecule has 0 aliphatic rings. The van der Waals surface area contributed by atoms with E-state index in [-0.39, 0.29) is 32.9 Å². The van der Waals surface area contributed by atoms with Crippen molar-refractivity contribution < 1.29 is 16.8 Å². The van der Waals surface area contributed by atoms with Gasteiger partial charge in [-0.05, 0) is 36.4 Å². The molecule has 0 unspecified atom stereocenters. The zero-order valence-electron chi connectivity index (χ0n) is 16.3. The minimum Gasteiger partial charge on any atom is -0.398 e. The standard InChI is InChI=1S/C21H20N4O4S2/c22-18-10-6-11-19-21(18)20(15-25(19)31(28,29)17-8-2-1-3-9-17)30(26,27)24-14-12-16-7-4-5-13-23-16/h1-11,13,15,24H,12,14,22H2. The van der Waals surface area contributed by atoms with Gasteiger partial charge in [-0.25, -0.2) is 25.5 Å². The van der Waals surface area contributed by atoms with E-state index in [4.69, 9.17) is 5.73 Å². The number of anilines is 1. The number of rotatable bonds is 7. The lowest BCUT2D eigenvalue weighted by atomic mass is 10.2. The van der Waals surface area contributed by atoms with Crippen LogP contribution in [0.4, 0.5) is 5.69 Å². The number of hydrogen-bond acceptors (Lipinski definition) is 6. The monoisotopic (exact) mass is 456 g/mol. The Kier molecular flexibility index (Phi) is 5.52. The van der Waals surface area contributed by atoms with Gasteiger partial charge < -0.3 is 5.73 Å². The Bertz CT molecular complexity index is 1430. The molecule has 0 aliphatic heterocycles. The molecule has 4 rings (SSSR count). The SMILES string of the molecule is Nc1cccc2c1c(S(=O)(=O)NCCc1ccccn1)cn2S(=O)(=O)c1ccccc1. The quantitative estimate of drug-likeness (QED) is 0.412. The number of aromatic nitrogens is 2. The Morgan fingerprint density at radius 1 is 0.903 bits per heavy atom. The summed E-state index contributed by atoms with van der Waals surface area (Å²) < 4.78 is 56.0. The number of hydrogen-bond donors (Lipinski definition) is 2. The second-order valence-corrected chi connectivity index (χ2v) is 10.4. The van der Waals surface area contributed by atoms with Crippen molar-refractivity contribution in [3.63, 3.8) is 0 Å². The van der Waals surface area contributed by atoms with E-state index in [9.17, 15) is 16.8 Å². The molecule has 0 saturated heterocycles. The first-order valence-corrected chi connectivity index (χ1v) is 12.3. The van der Waals surface area contributed by atoms with Crippen LogP contribution < -0.4 is 10.5 Å². The molecule has 10 heteroatoms. The first-order chi connectivity index (χ1) is 14.8. The minimum atomic E-state index is -4.04. The van der Waals surface area contributed by atoms with Crippen molar-refractivity contribution in [3.05, 3.63) is 84.8 Å². The van der Waals surface area contributed by atoms with Gasteiger partial charge in [0.25, 0.3) is 10.0 Å². The number of nitrogens with zero attached hydrogens (tertiary/aromatic N) is 2. The normalized spacial score (nSPS) is 12.3. The Labute approximate surface area is 180 Å². The van der Waals surface area contributed by atoms with E-state index in [1.54, 1.807) is 42.6 Å². The maximum Gasteiger partial charge on any atom is 0.268 e.